The number of ether oxygens (including phenoxy) is 1. The third-order valence-electron chi connectivity index (χ3n) is 3.04. The van der Waals surface area contributed by atoms with Crippen LogP contribution in [0.1, 0.15) is 10.6 Å². The van der Waals surface area contributed by atoms with Gasteiger partial charge in [-0.3, -0.25) is 0 Å². The van der Waals surface area contributed by atoms with Crippen LogP contribution in [-0.2, 0) is 0 Å². The van der Waals surface area contributed by atoms with E-state index < -0.39 is 5.97 Å². The van der Waals surface area contributed by atoms with E-state index in [0.717, 1.165) is 0 Å². The van der Waals surface area contributed by atoms with Crippen LogP contribution in [0.4, 0.5) is 0 Å². The Balaban J connectivity index is 1.83. The van der Waals surface area contributed by atoms with Gasteiger partial charge >= 0.3 is 5.97 Å². The maximum atomic E-state index is 12.1. The first-order valence-electron chi connectivity index (χ1n) is 6.56. The highest BCUT2D eigenvalue weighted by Gasteiger charge is 2.17. The Morgan fingerprint density at radius 2 is 1.70 bits per heavy atom. The molecule has 0 amide bonds. The standard InChI is InChI=1S/C17H9Cl3O3/c18-10-5-6-15(13(20)9-10)23-17(21)16-8-7-14(22-16)11-3-1-2-4-12(11)19/h1-9H. The molecule has 1 aromatic heterocycles. The van der Waals surface area contributed by atoms with Gasteiger partial charge in [0.25, 0.3) is 0 Å². The summed E-state index contributed by atoms with van der Waals surface area (Å²) in [6.07, 6.45) is 0. The molecule has 3 aromatic rings. The van der Waals surface area contributed by atoms with Crippen molar-refractivity contribution < 1.29 is 13.9 Å². The Hall–Kier alpha value is -1.94. The molecule has 0 atom stereocenters. The van der Waals surface area contributed by atoms with Crippen LogP contribution in [-0.4, -0.2) is 5.97 Å². The predicted molar refractivity (Wildman–Crippen MR) is 90.6 cm³/mol. The summed E-state index contributed by atoms with van der Waals surface area (Å²) < 4.78 is 10.7. The Kier molecular flexibility index (Phi) is 4.62. The summed E-state index contributed by atoms with van der Waals surface area (Å²) >= 11 is 17.9. The van der Waals surface area contributed by atoms with Crippen molar-refractivity contribution in [3.05, 3.63) is 75.4 Å². The molecular formula is C17H9Cl3O3. The minimum absolute atomic E-state index is 0.0472. The monoisotopic (exact) mass is 366 g/mol. The molecule has 6 heteroatoms. The SMILES string of the molecule is O=C(Oc1ccc(Cl)cc1Cl)c1ccc(-c2ccccc2Cl)o1. The lowest BCUT2D eigenvalue weighted by Crippen LogP contribution is -2.07. The lowest BCUT2D eigenvalue weighted by atomic mass is 10.2. The van der Waals surface area contributed by atoms with Crippen LogP contribution in [0.2, 0.25) is 15.1 Å². The molecule has 0 spiro atoms. The largest absolute Gasteiger partial charge is 0.449 e. The van der Waals surface area contributed by atoms with E-state index in [1.54, 1.807) is 24.3 Å². The molecule has 0 radical (unpaired) electrons. The Labute approximate surface area is 147 Å². The number of rotatable bonds is 3. The van der Waals surface area contributed by atoms with E-state index in [9.17, 15) is 4.79 Å². The maximum absolute atomic E-state index is 12.1. The van der Waals surface area contributed by atoms with Crippen molar-refractivity contribution in [3.63, 3.8) is 0 Å². The summed E-state index contributed by atoms with van der Waals surface area (Å²) in [7, 11) is 0. The fourth-order valence-electron chi connectivity index (χ4n) is 1.96. The highest BCUT2D eigenvalue weighted by atomic mass is 35.5. The van der Waals surface area contributed by atoms with Gasteiger partial charge in [0.2, 0.25) is 5.76 Å². The van der Waals surface area contributed by atoms with Gasteiger partial charge in [-0.15, -0.1) is 0 Å². The summed E-state index contributed by atoms with van der Waals surface area (Å²) in [5.74, 6) is 0.0694. The van der Waals surface area contributed by atoms with Crippen LogP contribution < -0.4 is 4.74 Å². The number of benzene rings is 2. The quantitative estimate of drug-likeness (QED) is 0.413. The minimum atomic E-state index is -0.660. The van der Waals surface area contributed by atoms with Crippen LogP contribution >= 0.6 is 34.8 Å². The van der Waals surface area contributed by atoms with Crippen molar-refractivity contribution in [2.45, 2.75) is 0 Å². The molecule has 1 heterocycles. The zero-order valence-electron chi connectivity index (χ0n) is 11.6. The van der Waals surface area contributed by atoms with E-state index in [2.05, 4.69) is 0 Å². The van der Waals surface area contributed by atoms with Gasteiger partial charge in [-0.2, -0.15) is 0 Å². The highest BCUT2D eigenvalue weighted by Crippen LogP contribution is 2.31. The first-order valence-corrected chi connectivity index (χ1v) is 7.70. The van der Waals surface area contributed by atoms with E-state index in [4.69, 9.17) is 44.0 Å². The third kappa shape index (κ3) is 3.53. The molecule has 0 N–H and O–H groups in total. The molecule has 23 heavy (non-hydrogen) atoms. The van der Waals surface area contributed by atoms with E-state index >= 15 is 0 Å². The molecule has 0 aliphatic carbocycles. The summed E-state index contributed by atoms with van der Waals surface area (Å²) in [4.78, 5) is 12.1. The molecule has 0 bridgehead atoms. The van der Waals surface area contributed by atoms with Gasteiger partial charge in [0.05, 0.1) is 10.0 Å². The second-order valence-electron chi connectivity index (χ2n) is 4.61. The van der Waals surface area contributed by atoms with Crippen LogP contribution in [0, 0.1) is 0 Å². The van der Waals surface area contributed by atoms with Crippen LogP contribution in [0.15, 0.2) is 59.0 Å². The number of halogens is 3. The lowest BCUT2D eigenvalue weighted by molar-refractivity contribution is 0.0702. The van der Waals surface area contributed by atoms with Gasteiger partial charge in [-0.25, -0.2) is 4.79 Å². The normalized spacial score (nSPS) is 10.6. The number of hydrogen-bond donors (Lipinski definition) is 0. The minimum Gasteiger partial charge on any atom is -0.449 e. The van der Waals surface area contributed by atoms with Crippen molar-refractivity contribution in [2.24, 2.45) is 0 Å². The van der Waals surface area contributed by atoms with Crippen molar-refractivity contribution >= 4 is 40.8 Å². The van der Waals surface area contributed by atoms with Crippen molar-refractivity contribution in [3.8, 4) is 17.1 Å². The number of esters is 1. The van der Waals surface area contributed by atoms with Gasteiger partial charge in [0.15, 0.2) is 0 Å². The average Bonchev–Trinajstić information content (AvgIpc) is 3.00. The molecule has 0 saturated heterocycles. The molecule has 0 aliphatic rings. The molecule has 0 fully saturated rings. The molecule has 116 valence electrons. The molecule has 0 unspecified atom stereocenters. The van der Waals surface area contributed by atoms with Gasteiger partial charge in [0.1, 0.15) is 11.5 Å². The summed E-state index contributed by atoms with van der Waals surface area (Å²) in [5, 5.41) is 1.22. The fraction of sp³-hybridized carbons (Fsp3) is 0. The predicted octanol–water partition coefficient (Wildman–Crippen LogP) is 6.13. The molecule has 0 saturated carbocycles. The smallest absolute Gasteiger partial charge is 0.379 e. The van der Waals surface area contributed by atoms with E-state index in [1.165, 1.54) is 18.2 Å². The van der Waals surface area contributed by atoms with Gasteiger partial charge in [-0.05, 0) is 42.5 Å². The molecular weight excluding hydrogens is 359 g/mol. The van der Waals surface area contributed by atoms with Gasteiger partial charge < -0.3 is 9.15 Å². The van der Waals surface area contributed by atoms with E-state index in [-0.39, 0.29) is 16.5 Å². The Morgan fingerprint density at radius 1 is 0.913 bits per heavy atom. The second-order valence-corrected chi connectivity index (χ2v) is 5.86. The number of carbonyl (C=O) groups excluding carboxylic acids is 1. The van der Waals surface area contributed by atoms with E-state index in [1.807, 2.05) is 12.1 Å². The number of carbonyl (C=O) groups is 1. The Morgan fingerprint density at radius 3 is 2.43 bits per heavy atom. The lowest BCUT2D eigenvalue weighted by Gasteiger charge is -2.05. The van der Waals surface area contributed by atoms with Gasteiger partial charge in [0, 0.05) is 10.6 Å². The second kappa shape index (κ2) is 6.67. The average molecular weight is 368 g/mol. The fourth-order valence-corrected chi connectivity index (χ4v) is 2.64. The summed E-state index contributed by atoms with van der Waals surface area (Å²) in [6.45, 7) is 0. The topological polar surface area (TPSA) is 39.4 Å². The van der Waals surface area contributed by atoms with Crippen LogP contribution in [0.25, 0.3) is 11.3 Å². The molecule has 2 aromatic carbocycles. The van der Waals surface area contributed by atoms with Crippen molar-refractivity contribution in [1.82, 2.24) is 0 Å². The number of furan rings is 1. The Bertz CT molecular complexity index is 871. The summed E-state index contributed by atoms with van der Waals surface area (Å²) in [5.41, 5.74) is 0.692. The van der Waals surface area contributed by atoms with Crippen molar-refractivity contribution in [2.75, 3.05) is 0 Å². The maximum Gasteiger partial charge on any atom is 0.379 e. The first-order chi connectivity index (χ1) is 11.0. The van der Waals surface area contributed by atoms with Crippen molar-refractivity contribution in [1.29, 1.82) is 0 Å². The van der Waals surface area contributed by atoms with Crippen LogP contribution in [0.3, 0.4) is 0 Å². The van der Waals surface area contributed by atoms with E-state index in [0.29, 0.717) is 21.4 Å². The third-order valence-corrected chi connectivity index (χ3v) is 3.90. The summed E-state index contributed by atoms with van der Waals surface area (Å²) in [6, 6.07) is 14.9. The molecule has 3 nitrogen and oxygen atoms in total. The molecule has 0 aliphatic heterocycles. The first kappa shape index (κ1) is 15.9. The number of hydrogen-bond acceptors (Lipinski definition) is 3. The van der Waals surface area contributed by atoms with Crippen LogP contribution in [0.5, 0.6) is 5.75 Å². The molecule has 3 rings (SSSR count). The zero-order valence-corrected chi connectivity index (χ0v) is 13.8. The van der Waals surface area contributed by atoms with Gasteiger partial charge in [-0.1, -0.05) is 46.9 Å². The zero-order chi connectivity index (χ0) is 16.4. The highest BCUT2D eigenvalue weighted by molar-refractivity contribution is 6.35.